The average Bonchev–Trinajstić information content (AvgIpc) is 2.39. The summed E-state index contributed by atoms with van der Waals surface area (Å²) in [5.41, 5.74) is -0.453. The summed E-state index contributed by atoms with van der Waals surface area (Å²) in [5.74, 6) is -1.29. The molecule has 8 nitrogen and oxygen atoms in total. The van der Waals surface area contributed by atoms with Crippen LogP contribution in [0.4, 0.5) is 15.8 Å². The molecule has 1 heterocycles. The van der Waals surface area contributed by atoms with Crippen LogP contribution < -0.4 is 10.5 Å². The van der Waals surface area contributed by atoms with Crippen LogP contribution in [0.2, 0.25) is 0 Å². The number of hydrogen-bond donors (Lipinski definition) is 2. The lowest BCUT2D eigenvalue weighted by Crippen LogP contribution is -2.22. The number of nitrogens with zero attached hydrogens (tertiary/aromatic N) is 2. The van der Waals surface area contributed by atoms with E-state index in [2.05, 4.69) is 10.3 Å². The third kappa shape index (κ3) is 3.41. The Kier molecular flexibility index (Phi) is 4.00. The van der Waals surface area contributed by atoms with E-state index in [1.165, 1.54) is 18.3 Å². The number of hydrogen-bond acceptors (Lipinski definition) is 6. The van der Waals surface area contributed by atoms with Crippen molar-refractivity contribution in [3.05, 3.63) is 40.3 Å². The highest BCUT2D eigenvalue weighted by molar-refractivity contribution is 7.89. The number of rotatable bonds is 5. The molecule has 0 aliphatic carbocycles. The largest absolute Gasteiger partial charge is 0.380 e. The maximum absolute atomic E-state index is 14.0. The summed E-state index contributed by atoms with van der Waals surface area (Å²) in [6.07, 6.45) is 1.36. The van der Waals surface area contributed by atoms with Crippen LogP contribution in [0.25, 0.3) is 10.9 Å². The number of fused-ring (bicyclic) bond motifs is 1. The van der Waals surface area contributed by atoms with Crippen molar-refractivity contribution in [2.45, 2.75) is 0 Å². The Morgan fingerprint density at radius 1 is 1.48 bits per heavy atom. The van der Waals surface area contributed by atoms with Crippen LogP contribution in [0.5, 0.6) is 0 Å². The molecule has 21 heavy (non-hydrogen) atoms. The third-order valence-electron chi connectivity index (χ3n) is 2.71. The Bertz CT molecular complexity index is 809. The van der Waals surface area contributed by atoms with Gasteiger partial charge < -0.3 is 5.32 Å². The molecule has 0 saturated heterocycles. The van der Waals surface area contributed by atoms with Crippen LogP contribution in [0.15, 0.2) is 24.4 Å². The topological polar surface area (TPSA) is 128 Å². The SMILES string of the molecule is NS(=O)(=O)CCNc1c(F)cc([N+](=O)[O-])c2cccnc12. The highest BCUT2D eigenvalue weighted by Gasteiger charge is 2.20. The number of nitrogens with one attached hydrogen (secondary N) is 1. The maximum atomic E-state index is 14.0. The van der Waals surface area contributed by atoms with Gasteiger partial charge in [-0.1, -0.05) is 0 Å². The van der Waals surface area contributed by atoms with Crippen molar-refractivity contribution in [3.63, 3.8) is 0 Å². The van der Waals surface area contributed by atoms with E-state index in [0.29, 0.717) is 0 Å². The average molecular weight is 314 g/mol. The van der Waals surface area contributed by atoms with Crippen molar-refractivity contribution < 1.29 is 17.7 Å². The van der Waals surface area contributed by atoms with Gasteiger partial charge in [-0.3, -0.25) is 15.1 Å². The summed E-state index contributed by atoms with van der Waals surface area (Å²) in [6, 6.07) is 3.69. The molecule has 1 aromatic carbocycles. The zero-order valence-electron chi connectivity index (χ0n) is 10.6. The highest BCUT2D eigenvalue weighted by atomic mass is 32.2. The Hall–Kier alpha value is -2.33. The Morgan fingerprint density at radius 3 is 2.81 bits per heavy atom. The number of aromatic nitrogens is 1. The molecule has 112 valence electrons. The van der Waals surface area contributed by atoms with Gasteiger partial charge in [0.1, 0.15) is 5.52 Å². The number of nitro groups is 1. The molecule has 0 spiro atoms. The van der Waals surface area contributed by atoms with Gasteiger partial charge in [-0.2, -0.15) is 0 Å². The van der Waals surface area contributed by atoms with Crippen LogP contribution in [-0.2, 0) is 10.0 Å². The van der Waals surface area contributed by atoms with Gasteiger partial charge in [0, 0.05) is 12.7 Å². The van der Waals surface area contributed by atoms with Crippen LogP contribution in [0, 0.1) is 15.9 Å². The first-order valence-corrected chi connectivity index (χ1v) is 7.47. The number of nitrogens with two attached hydrogens (primary N) is 1. The van der Waals surface area contributed by atoms with Gasteiger partial charge in [0.2, 0.25) is 10.0 Å². The van der Waals surface area contributed by atoms with E-state index in [1.54, 1.807) is 0 Å². The molecular formula is C11H11FN4O4S. The molecule has 0 atom stereocenters. The minimum absolute atomic E-state index is 0.0543. The molecular weight excluding hydrogens is 303 g/mol. The minimum Gasteiger partial charge on any atom is -0.380 e. The number of sulfonamides is 1. The lowest BCUT2D eigenvalue weighted by molar-refractivity contribution is -0.383. The first-order chi connectivity index (χ1) is 9.79. The molecule has 1 aromatic heterocycles. The summed E-state index contributed by atoms with van der Waals surface area (Å²) in [6.45, 7) is -0.140. The first-order valence-electron chi connectivity index (χ1n) is 5.75. The van der Waals surface area contributed by atoms with Crippen LogP contribution in [-0.4, -0.2) is 30.6 Å². The lowest BCUT2D eigenvalue weighted by Gasteiger charge is -2.10. The predicted molar refractivity (Wildman–Crippen MR) is 74.8 cm³/mol. The predicted octanol–water partition coefficient (Wildman–Crippen LogP) is 0.983. The Morgan fingerprint density at radius 2 is 2.19 bits per heavy atom. The van der Waals surface area contributed by atoms with Crippen molar-refractivity contribution in [2.75, 3.05) is 17.6 Å². The summed E-state index contributed by atoms with van der Waals surface area (Å²) in [4.78, 5) is 14.1. The van der Waals surface area contributed by atoms with Gasteiger partial charge in [0.05, 0.1) is 27.8 Å². The van der Waals surface area contributed by atoms with E-state index in [-0.39, 0.29) is 23.1 Å². The van der Waals surface area contributed by atoms with E-state index >= 15 is 0 Å². The fourth-order valence-corrected chi connectivity index (χ4v) is 2.22. The van der Waals surface area contributed by atoms with Crippen molar-refractivity contribution in [1.29, 1.82) is 0 Å². The normalized spacial score (nSPS) is 11.5. The highest BCUT2D eigenvalue weighted by Crippen LogP contribution is 2.32. The van der Waals surface area contributed by atoms with E-state index in [1.807, 2.05) is 0 Å². The number of nitro benzene ring substituents is 1. The molecule has 0 amide bonds. The second-order valence-electron chi connectivity index (χ2n) is 4.20. The van der Waals surface area contributed by atoms with Gasteiger partial charge >= 0.3 is 0 Å². The Labute approximate surface area is 119 Å². The summed E-state index contributed by atoms with van der Waals surface area (Å²) < 4.78 is 35.7. The van der Waals surface area contributed by atoms with Crippen molar-refractivity contribution in [1.82, 2.24) is 4.98 Å². The monoisotopic (exact) mass is 314 g/mol. The molecule has 0 bridgehead atoms. The summed E-state index contributed by atoms with van der Waals surface area (Å²) >= 11 is 0. The molecule has 0 unspecified atom stereocenters. The molecule has 0 saturated carbocycles. The summed E-state index contributed by atoms with van der Waals surface area (Å²) in [5, 5.41) is 18.5. The fraction of sp³-hybridized carbons (Fsp3) is 0.182. The van der Waals surface area contributed by atoms with E-state index < -0.39 is 32.2 Å². The van der Waals surface area contributed by atoms with E-state index in [0.717, 1.165) is 6.07 Å². The molecule has 0 aliphatic heterocycles. The molecule has 0 aliphatic rings. The van der Waals surface area contributed by atoms with E-state index in [4.69, 9.17) is 5.14 Å². The van der Waals surface area contributed by atoms with Gasteiger partial charge in [0.25, 0.3) is 5.69 Å². The molecule has 10 heteroatoms. The Balaban J connectivity index is 2.47. The zero-order valence-corrected chi connectivity index (χ0v) is 11.4. The third-order valence-corrected chi connectivity index (χ3v) is 3.48. The number of primary sulfonamides is 1. The van der Waals surface area contributed by atoms with E-state index in [9.17, 15) is 22.9 Å². The maximum Gasteiger partial charge on any atom is 0.281 e. The van der Waals surface area contributed by atoms with Crippen molar-refractivity contribution >= 4 is 32.3 Å². The second kappa shape index (κ2) is 5.58. The zero-order chi connectivity index (χ0) is 15.6. The van der Waals surface area contributed by atoms with Gasteiger partial charge in [-0.25, -0.2) is 17.9 Å². The standard InChI is InChI=1S/C11H11FN4O4S/c12-8-6-9(16(17)18)7-2-1-3-14-10(7)11(8)15-4-5-21(13,19)20/h1-3,6,15H,4-5H2,(H2,13,19,20). The van der Waals surface area contributed by atoms with Crippen molar-refractivity contribution in [3.8, 4) is 0 Å². The van der Waals surface area contributed by atoms with Crippen LogP contribution in [0.1, 0.15) is 0 Å². The number of halogens is 1. The fourth-order valence-electron chi connectivity index (χ4n) is 1.83. The first kappa shape index (κ1) is 15.1. The minimum atomic E-state index is -3.70. The smallest absolute Gasteiger partial charge is 0.281 e. The van der Waals surface area contributed by atoms with Crippen LogP contribution in [0.3, 0.4) is 0 Å². The lowest BCUT2D eigenvalue weighted by atomic mass is 10.1. The number of non-ortho nitro benzene ring substituents is 1. The summed E-state index contributed by atoms with van der Waals surface area (Å²) in [7, 11) is -3.70. The quantitative estimate of drug-likeness (QED) is 0.625. The van der Waals surface area contributed by atoms with Gasteiger partial charge in [0.15, 0.2) is 5.82 Å². The molecule has 2 aromatic rings. The second-order valence-corrected chi connectivity index (χ2v) is 5.94. The van der Waals surface area contributed by atoms with Gasteiger partial charge in [-0.05, 0) is 12.1 Å². The van der Waals surface area contributed by atoms with Crippen LogP contribution >= 0.6 is 0 Å². The van der Waals surface area contributed by atoms with Gasteiger partial charge in [-0.15, -0.1) is 0 Å². The molecule has 0 radical (unpaired) electrons. The molecule has 3 N–H and O–H groups in total. The van der Waals surface area contributed by atoms with Crippen molar-refractivity contribution in [2.24, 2.45) is 5.14 Å². The molecule has 2 rings (SSSR count). The number of benzene rings is 1. The number of pyridine rings is 1. The molecule has 0 fully saturated rings. The number of anilines is 1.